The minimum absolute atomic E-state index is 0.271. The van der Waals surface area contributed by atoms with E-state index in [2.05, 4.69) is 5.32 Å². The van der Waals surface area contributed by atoms with Gasteiger partial charge in [-0.3, -0.25) is 0 Å². The minimum atomic E-state index is -0.453. The number of rotatable bonds is 3. The molecule has 0 bridgehead atoms. The van der Waals surface area contributed by atoms with Crippen LogP contribution in [0.4, 0.5) is 4.79 Å². The molecule has 0 heterocycles. The fourth-order valence-electron chi connectivity index (χ4n) is 2.00. The second-order valence-corrected chi connectivity index (χ2v) is 3.83. The monoisotopic (exact) mass is 186 g/mol. The highest BCUT2D eigenvalue weighted by Crippen LogP contribution is 2.27. The summed E-state index contributed by atoms with van der Waals surface area (Å²) in [6, 6.07) is -0.453. The molecule has 0 aromatic carbocycles. The smallest absolute Gasteiger partial charge is 0.312 e. The first-order valence-electron chi connectivity index (χ1n) is 4.86. The lowest BCUT2D eigenvalue weighted by Crippen LogP contribution is -2.35. The minimum Gasteiger partial charge on any atom is -0.396 e. The Hall–Kier alpha value is -0.770. The highest BCUT2D eigenvalue weighted by atomic mass is 16.3. The van der Waals surface area contributed by atoms with E-state index in [1.54, 1.807) is 0 Å². The number of aliphatic hydroxyl groups excluding tert-OH is 1. The van der Waals surface area contributed by atoms with Crippen molar-refractivity contribution in [1.82, 2.24) is 5.32 Å². The summed E-state index contributed by atoms with van der Waals surface area (Å²) in [6.45, 7) is 0.929. The predicted octanol–water partition coefficient (Wildman–Crippen LogP) is 0.453. The van der Waals surface area contributed by atoms with Crippen molar-refractivity contribution in [1.29, 1.82) is 0 Å². The van der Waals surface area contributed by atoms with Gasteiger partial charge in [0.15, 0.2) is 0 Å². The molecular formula is C9H18N2O2. The molecule has 0 radical (unpaired) electrons. The average Bonchev–Trinajstić information content (AvgIpc) is 2.15. The van der Waals surface area contributed by atoms with Crippen LogP contribution in [0.5, 0.6) is 0 Å². The first-order valence-corrected chi connectivity index (χ1v) is 4.86. The molecule has 4 N–H and O–H groups in total. The molecule has 1 rings (SSSR count). The van der Waals surface area contributed by atoms with Gasteiger partial charge in [0.2, 0.25) is 0 Å². The van der Waals surface area contributed by atoms with Gasteiger partial charge in [0.05, 0.1) is 0 Å². The van der Waals surface area contributed by atoms with Crippen molar-refractivity contribution in [3.63, 3.8) is 0 Å². The Kier molecular flexibility index (Phi) is 4.02. The Morgan fingerprint density at radius 1 is 1.46 bits per heavy atom. The van der Waals surface area contributed by atoms with Crippen LogP contribution in [-0.4, -0.2) is 24.3 Å². The van der Waals surface area contributed by atoms with E-state index in [9.17, 15) is 4.79 Å². The van der Waals surface area contributed by atoms with Crippen LogP contribution in [0.3, 0.4) is 0 Å². The van der Waals surface area contributed by atoms with Gasteiger partial charge in [-0.25, -0.2) is 4.79 Å². The van der Waals surface area contributed by atoms with Gasteiger partial charge in [-0.1, -0.05) is 6.42 Å². The summed E-state index contributed by atoms with van der Waals surface area (Å²) >= 11 is 0. The van der Waals surface area contributed by atoms with Gasteiger partial charge >= 0.3 is 6.03 Å². The van der Waals surface area contributed by atoms with Crippen LogP contribution in [0.2, 0.25) is 0 Å². The second-order valence-electron chi connectivity index (χ2n) is 3.83. The van der Waals surface area contributed by atoms with Crippen molar-refractivity contribution >= 4 is 6.03 Å². The van der Waals surface area contributed by atoms with Crippen LogP contribution in [0.1, 0.15) is 25.7 Å². The van der Waals surface area contributed by atoms with Crippen molar-refractivity contribution in [3.05, 3.63) is 0 Å². The van der Waals surface area contributed by atoms with Crippen LogP contribution in [0.15, 0.2) is 0 Å². The first-order chi connectivity index (χ1) is 6.22. The van der Waals surface area contributed by atoms with E-state index in [1.165, 1.54) is 0 Å². The highest BCUT2D eigenvalue weighted by Gasteiger charge is 2.21. The molecule has 2 atom stereocenters. The van der Waals surface area contributed by atoms with Gasteiger partial charge in [-0.15, -0.1) is 0 Å². The normalized spacial score (nSPS) is 28.4. The van der Waals surface area contributed by atoms with E-state index in [0.717, 1.165) is 25.7 Å². The quantitative estimate of drug-likeness (QED) is 0.598. The summed E-state index contributed by atoms with van der Waals surface area (Å²) in [5.74, 6) is 0.923. The fourth-order valence-corrected chi connectivity index (χ4v) is 2.00. The van der Waals surface area contributed by atoms with Crippen LogP contribution >= 0.6 is 0 Å². The maximum absolute atomic E-state index is 10.5. The number of aliphatic hydroxyl groups is 1. The van der Waals surface area contributed by atoms with Crippen molar-refractivity contribution in [3.8, 4) is 0 Å². The van der Waals surface area contributed by atoms with Crippen LogP contribution in [0.25, 0.3) is 0 Å². The first kappa shape index (κ1) is 10.3. The van der Waals surface area contributed by atoms with Crippen LogP contribution in [-0.2, 0) is 0 Å². The standard InChI is InChI=1S/C9H18N2O2/c10-9(13)11-5-7-2-1-3-8(4-7)6-12/h7-8,12H,1-6H2,(H3,10,11,13)/t7-,8+/m0/s1. The zero-order valence-corrected chi connectivity index (χ0v) is 7.83. The molecule has 76 valence electrons. The molecule has 0 spiro atoms. The fraction of sp³-hybridized carbons (Fsp3) is 0.889. The SMILES string of the molecule is NC(=O)NC[C@H]1CCC[C@@H](CO)C1. The summed E-state index contributed by atoms with van der Waals surface area (Å²) < 4.78 is 0. The van der Waals surface area contributed by atoms with E-state index in [4.69, 9.17) is 10.8 Å². The molecule has 4 heteroatoms. The zero-order valence-electron chi connectivity index (χ0n) is 7.83. The Balaban J connectivity index is 2.21. The Morgan fingerprint density at radius 2 is 2.15 bits per heavy atom. The van der Waals surface area contributed by atoms with Crippen molar-refractivity contribution < 1.29 is 9.90 Å². The highest BCUT2D eigenvalue weighted by molar-refractivity contribution is 5.71. The van der Waals surface area contributed by atoms with Gasteiger partial charge in [0.1, 0.15) is 0 Å². The number of hydrogen-bond acceptors (Lipinski definition) is 2. The largest absolute Gasteiger partial charge is 0.396 e. The summed E-state index contributed by atoms with van der Waals surface area (Å²) in [5.41, 5.74) is 4.98. The van der Waals surface area contributed by atoms with Crippen molar-refractivity contribution in [2.45, 2.75) is 25.7 Å². The zero-order chi connectivity index (χ0) is 9.68. The third-order valence-electron chi connectivity index (χ3n) is 2.71. The molecule has 0 aliphatic heterocycles. The molecule has 1 saturated carbocycles. The maximum atomic E-state index is 10.5. The van der Waals surface area contributed by atoms with Crippen molar-refractivity contribution in [2.24, 2.45) is 17.6 Å². The van der Waals surface area contributed by atoms with E-state index >= 15 is 0 Å². The molecule has 0 saturated heterocycles. The molecule has 0 unspecified atom stereocenters. The van der Waals surface area contributed by atoms with E-state index in [1.807, 2.05) is 0 Å². The number of amides is 2. The number of nitrogens with two attached hydrogens (primary N) is 1. The van der Waals surface area contributed by atoms with Crippen molar-refractivity contribution in [2.75, 3.05) is 13.2 Å². The summed E-state index contributed by atoms with van der Waals surface area (Å²) in [6.07, 6.45) is 4.41. The molecule has 1 aliphatic rings. The molecule has 1 aliphatic carbocycles. The third kappa shape index (κ3) is 3.63. The van der Waals surface area contributed by atoms with E-state index in [0.29, 0.717) is 18.4 Å². The molecule has 2 amide bonds. The van der Waals surface area contributed by atoms with E-state index in [-0.39, 0.29) is 6.61 Å². The number of carbonyl (C=O) groups excluding carboxylic acids is 1. The predicted molar refractivity (Wildman–Crippen MR) is 50.1 cm³/mol. The number of urea groups is 1. The second kappa shape index (κ2) is 5.07. The average molecular weight is 186 g/mol. The maximum Gasteiger partial charge on any atom is 0.312 e. The number of nitrogens with one attached hydrogen (secondary N) is 1. The lowest BCUT2D eigenvalue weighted by atomic mass is 9.82. The topological polar surface area (TPSA) is 75.4 Å². The molecular weight excluding hydrogens is 168 g/mol. The Morgan fingerprint density at radius 3 is 2.77 bits per heavy atom. The summed E-state index contributed by atoms with van der Waals surface area (Å²) in [4.78, 5) is 10.5. The van der Waals surface area contributed by atoms with Crippen LogP contribution in [0, 0.1) is 11.8 Å². The lowest BCUT2D eigenvalue weighted by Gasteiger charge is -2.27. The number of carbonyl (C=O) groups is 1. The summed E-state index contributed by atoms with van der Waals surface area (Å²) in [7, 11) is 0. The van der Waals surface area contributed by atoms with E-state index < -0.39 is 6.03 Å². The van der Waals surface area contributed by atoms with Gasteiger partial charge < -0.3 is 16.2 Å². The summed E-state index contributed by atoms with van der Waals surface area (Å²) in [5, 5.41) is 11.6. The number of hydrogen-bond donors (Lipinski definition) is 3. The molecule has 0 aromatic heterocycles. The van der Waals surface area contributed by atoms with Gasteiger partial charge in [0.25, 0.3) is 0 Å². The third-order valence-corrected chi connectivity index (χ3v) is 2.71. The van der Waals surface area contributed by atoms with Gasteiger partial charge in [-0.05, 0) is 31.1 Å². The Bertz CT molecular complexity index is 173. The van der Waals surface area contributed by atoms with Gasteiger partial charge in [0, 0.05) is 13.2 Å². The number of primary amides is 1. The Labute approximate surface area is 78.5 Å². The molecule has 0 aromatic rings. The van der Waals surface area contributed by atoms with Crippen LogP contribution < -0.4 is 11.1 Å². The van der Waals surface area contributed by atoms with Gasteiger partial charge in [-0.2, -0.15) is 0 Å². The molecule has 13 heavy (non-hydrogen) atoms. The molecule has 1 fully saturated rings. The lowest BCUT2D eigenvalue weighted by molar-refractivity contribution is 0.160. The molecule has 4 nitrogen and oxygen atoms in total.